The van der Waals surface area contributed by atoms with Crippen LogP contribution in [-0.4, -0.2) is 59.1 Å². The molecule has 2 saturated heterocycles. The summed E-state index contributed by atoms with van der Waals surface area (Å²) in [4.78, 5) is 16.3. The monoisotopic (exact) mass is 282 g/mol. The molecule has 0 amide bonds. The second-order valence-corrected chi connectivity index (χ2v) is 7.07. The second kappa shape index (κ2) is 6.90. The second-order valence-electron chi connectivity index (χ2n) is 7.07. The van der Waals surface area contributed by atoms with Crippen molar-refractivity contribution in [3.8, 4) is 0 Å². The topological polar surface area (TPSA) is 43.8 Å². The molecule has 4 heteroatoms. The van der Waals surface area contributed by atoms with Crippen molar-refractivity contribution in [1.29, 1.82) is 0 Å². The quantitative estimate of drug-likeness (QED) is 0.859. The van der Waals surface area contributed by atoms with Crippen LogP contribution >= 0.6 is 0 Å². The van der Waals surface area contributed by atoms with Gasteiger partial charge in [0.1, 0.15) is 0 Å². The van der Waals surface area contributed by atoms with Crippen LogP contribution in [0.2, 0.25) is 0 Å². The predicted octanol–water partition coefficient (Wildman–Crippen LogP) is 2.29. The van der Waals surface area contributed by atoms with Gasteiger partial charge in [0.25, 0.3) is 0 Å². The molecule has 0 aliphatic carbocycles. The molecule has 0 aromatic rings. The summed E-state index contributed by atoms with van der Waals surface area (Å²) in [7, 11) is 0. The lowest BCUT2D eigenvalue weighted by Crippen LogP contribution is -2.52. The number of piperidine rings is 2. The zero-order valence-electron chi connectivity index (χ0n) is 13.2. The molecule has 4 nitrogen and oxygen atoms in total. The summed E-state index contributed by atoms with van der Waals surface area (Å²) in [6, 6.07) is 1.09. The van der Waals surface area contributed by atoms with Crippen LogP contribution in [0.25, 0.3) is 0 Å². The molecule has 0 bridgehead atoms. The van der Waals surface area contributed by atoms with Crippen molar-refractivity contribution in [3.05, 3.63) is 0 Å². The Morgan fingerprint density at radius 2 is 1.85 bits per heavy atom. The third kappa shape index (κ3) is 3.95. The predicted molar refractivity (Wildman–Crippen MR) is 80.8 cm³/mol. The normalized spacial score (nSPS) is 30.8. The Morgan fingerprint density at radius 3 is 2.35 bits per heavy atom. The van der Waals surface area contributed by atoms with Gasteiger partial charge >= 0.3 is 5.97 Å². The molecule has 0 aromatic heterocycles. The number of carboxylic acid groups (broad SMARTS) is 1. The lowest BCUT2D eigenvalue weighted by Gasteiger charge is -2.45. The molecule has 0 radical (unpaired) electrons. The Bertz CT molecular complexity index is 324. The van der Waals surface area contributed by atoms with E-state index in [9.17, 15) is 4.79 Å². The van der Waals surface area contributed by atoms with Gasteiger partial charge in [-0.15, -0.1) is 0 Å². The molecule has 2 unspecified atom stereocenters. The molecule has 2 fully saturated rings. The smallest absolute Gasteiger partial charge is 0.306 e. The van der Waals surface area contributed by atoms with E-state index in [1.54, 1.807) is 0 Å². The van der Waals surface area contributed by atoms with Gasteiger partial charge in [-0.2, -0.15) is 0 Å². The number of rotatable bonds is 4. The number of aliphatic carboxylic acids is 1. The standard InChI is InChI=1S/C16H30N2O2/c1-12(2)11-17-7-5-15(6-8-17)18-9-4-14(16(19)20)10-13(18)3/h12-15H,4-11H2,1-3H3,(H,19,20). The number of nitrogens with zero attached hydrogens (tertiary/aromatic N) is 2. The number of likely N-dealkylation sites (tertiary alicyclic amines) is 2. The highest BCUT2D eigenvalue weighted by Gasteiger charge is 2.34. The van der Waals surface area contributed by atoms with Crippen LogP contribution in [0.5, 0.6) is 0 Å². The van der Waals surface area contributed by atoms with Crippen LogP contribution in [0.1, 0.15) is 46.5 Å². The van der Waals surface area contributed by atoms with Crippen molar-refractivity contribution in [2.75, 3.05) is 26.2 Å². The number of hydrogen-bond acceptors (Lipinski definition) is 3. The third-order valence-electron chi connectivity index (χ3n) is 4.93. The molecule has 2 rings (SSSR count). The fourth-order valence-corrected chi connectivity index (χ4v) is 3.91. The molecule has 2 atom stereocenters. The fraction of sp³-hybridized carbons (Fsp3) is 0.938. The van der Waals surface area contributed by atoms with E-state index in [0.717, 1.165) is 25.3 Å². The molecule has 20 heavy (non-hydrogen) atoms. The summed E-state index contributed by atoms with van der Waals surface area (Å²) in [5, 5.41) is 9.15. The van der Waals surface area contributed by atoms with Crippen molar-refractivity contribution in [2.45, 2.75) is 58.5 Å². The van der Waals surface area contributed by atoms with Gasteiger partial charge in [-0.1, -0.05) is 13.8 Å². The van der Waals surface area contributed by atoms with Crippen LogP contribution in [-0.2, 0) is 4.79 Å². The molecule has 2 heterocycles. The molecular weight excluding hydrogens is 252 g/mol. The van der Waals surface area contributed by atoms with E-state index in [1.165, 1.54) is 32.5 Å². The first kappa shape index (κ1) is 15.8. The largest absolute Gasteiger partial charge is 0.481 e. The van der Waals surface area contributed by atoms with Crippen LogP contribution in [0.4, 0.5) is 0 Å². The SMILES string of the molecule is CC(C)CN1CCC(N2CCC(C(=O)O)CC2C)CC1. The fourth-order valence-electron chi connectivity index (χ4n) is 3.91. The number of hydrogen-bond donors (Lipinski definition) is 1. The molecule has 2 aliphatic heterocycles. The van der Waals surface area contributed by atoms with Gasteiger partial charge in [0.2, 0.25) is 0 Å². The Hall–Kier alpha value is -0.610. The summed E-state index contributed by atoms with van der Waals surface area (Å²) in [5.74, 6) is 0.0160. The molecule has 0 spiro atoms. The summed E-state index contributed by atoms with van der Waals surface area (Å²) >= 11 is 0. The average molecular weight is 282 g/mol. The van der Waals surface area contributed by atoms with Gasteiger partial charge in [0.15, 0.2) is 0 Å². The first-order chi connectivity index (χ1) is 9.47. The zero-order chi connectivity index (χ0) is 14.7. The van der Waals surface area contributed by atoms with Gasteiger partial charge in [0, 0.05) is 18.6 Å². The lowest BCUT2D eigenvalue weighted by molar-refractivity contribution is -0.144. The van der Waals surface area contributed by atoms with E-state index in [4.69, 9.17) is 5.11 Å². The summed E-state index contributed by atoms with van der Waals surface area (Å²) < 4.78 is 0. The number of carboxylic acids is 1. The maximum Gasteiger partial charge on any atom is 0.306 e. The number of carbonyl (C=O) groups is 1. The van der Waals surface area contributed by atoms with Crippen molar-refractivity contribution in [3.63, 3.8) is 0 Å². The minimum Gasteiger partial charge on any atom is -0.481 e. The maximum atomic E-state index is 11.1. The highest BCUT2D eigenvalue weighted by atomic mass is 16.4. The van der Waals surface area contributed by atoms with E-state index in [0.29, 0.717) is 12.1 Å². The molecule has 0 aromatic carbocycles. The van der Waals surface area contributed by atoms with Gasteiger partial charge in [0.05, 0.1) is 5.92 Å². The van der Waals surface area contributed by atoms with E-state index < -0.39 is 5.97 Å². The van der Waals surface area contributed by atoms with Gasteiger partial charge in [-0.05, 0) is 58.2 Å². The van der Waals surface area contributed by atoms with E-state index >= 15 is 0 Å². The van der Waals surface area contributed by atoms with Gasteiger partial charge in [-0.3, -0.25) is 9.69 Å². The van der Waals surface area contributed by atoms with E-state index in [-0.39, 0.29) is 5.92 Å². The van der Waals surface area contributed by atoms with Crippen LogP contribution in [0.15, 0.2) is 0 Å². The van der Waals surface area contributed by atoms with Crippen molar-refractivity contribution < 1.29 is 9.90 Å². The summed E-state index contributed by atoms with van der Waals surface area (Å²) in [6.45, 7) is 11.4. The molecule has 116 valence electrons. The van der Waals surface area contributed by atoms with Crippen molar-refractivity contribution >= 4 is 5.97 Å². The zero-order valence-corrected chi connectivity index (χ0v) is 13.2. The highest BCUT2D eigenvalue weighted by molar-refractivity contribution is 5.70. The molecule has 2 aliphatic rings. The Balaban J connectivity index is 1.81. The summed E-state index contributed by atoms with van der Waals surface area (Å²) in [5.41, 5.74) is 0. The van der Waals surface area contributed by atoms with Crippen molar-refractivity contribution in [1.82, 2.24) is 9.80 Å². The Morgan fingerprint density at radius 1 is 1.20 bits per heavy atom. The Labute approximate surface area is 123 Å². The van der Waals surface area contributed by atoms with Gasteiger partial charge < -0.3 is 10.0 Å². The third-order valence-corrected chi connectivity index (χ3v) is 4.93. The van der Waals surface area contributed by atoms with Crippen LogP contribution < -0.4 is 0 Å². The van der Waals surface area contributed by atoms with Crippen LogP contribution in [0.3, 0.4) is 0 Å². The lowest BCUT2D eigenvalue weighted by atomic mass is 9.89. The van der Waals surface area contributed by atoms with Crippen molar-refractivity contribution in [2.24, 2.45) is 11.8 Å². The Kier molecular flexibility index (Phi) is 5.44. The van der Waals surface area contributed by atoms with E-state index in [1.807, 2.05) is 0 Å². The summed E-state index contributed by atoms with van der Waals surface area (Å²) in [6.07, 6.45) is 4.14. The average Bonchev–Trinajstić information content (AvgIpc) is 2.39. The van der Waals surface area contributed by atoms with Gasteiger partial charge in [-0.25, -0.2) is 0 Å². The minimum absolute atomic E-state index is 0.123. The molecule has 1 N–H and O–H groups in total. The highest BCUT2D eigenvalue weighted by Crippen LogP contribution is 2.28. The maximum absolute atomic E-state index is 11.1. The first-order valence-corrected chi connectivity index (χ1v) is 8.18. The van der Waals surface area contributed by atoms with Crippen LogP contribution in [0, 0.1) is 11.8 Å². The molecule has 0 saturated carbocycles. The first-order valence-electron chi connectivity index (χ1n) is 8.18. The molecular formula is C16H30N2O2. The van der Waals surface area contributed by atoms with E-state index in [2.05, 4.69) is 30.6 Å². The minimum atomic E-state index is -0.608.